The van der Waals surface area contributed by atoms with Crippen molar-refractivity contribution >= 4 is 5.91 Å². The molecule has 1 aromatic carbocycles. The third-order valence-corrected chi connectivity index (χ3v) is 3.64. The Bertz CT molecular complexity index is 620. The number of likely N-dealkylation sites (tertiary alicyclic amines) is 1. The fourth-order valence-corrected chi connectivity index (χ4v) is 2.55. The summed E-state index contributed by atoms with van der Waals surface area (Å²) in [5, 5.41) is 0. The minimum atomic E-state index is -0.289. The van der Waals surface area contributed by atoms with Gasteiger partial charge in [0.1, 0.15) is 5.82 Å². The van der Waals surface area contributed by atoms with Gasteiger partial charge in [-0.3, -0.25) is 4.79 Å². The van der Waals surface area contributed by atoms with Gasteiger partial charge in [-0.25, -0.2) is 4.39 Å². The fraction of sp³-hybridized carbons (Fsp3) is 0.267. The predicted molar refractivity (Wildman–Crippen MR) is 74.7 cm³/mol. The Balaban J connectivity index is 1.90. The number of nitrogens with two attached hydrogens (primary N) is 1. The summed E-state index contributed by atoms with van der Waals surface area (Å²) >= 11 is 0. The predicted octanol–water partition coefficient (Wildman–Crippen LogP) is 1.99. The van der Waals surface area contributed by atoms with E-state index in [1.807, 2.05) is 0 Å². The molecule has 20 heavy (non-hydrogen) atoms. The second kappa shape index (κ2) is 5.09. The smallest absolute Gasteiger partial charge is 0.256 e. The van der Waals surface area contributed by atoms with E-state index < -0.39 is 0 Å². The summed E-state index contributed by atoms with van der Waals surface area (Å²) in [6.07, 6.45) is 4.28. The maximum atomic E-state index is 13.0. The minimum Gasteiger partial charge on any atom is -0.366 e. The van der Waals surface area contributed by atoms with Crippen LogP contribution in [0.15, 0.2) is 36.7 Å². The van der Waals surface area contributed by atoms with E-state index in [4.69, 9.17) is 5.73 Å². The van der Waals surface area contributed by atoms with Crippen molar-refractivity contribution in [2.75, 3.05) is 13.1 Å². The number of rotatable bonds is 2. The Kier molecular flexibility index (Phi) is 3.28. The zero-order valence-electron chi connectivity index (χ0n) is 11.0. The van der Waals surface area contributed by atoms with Gasteiger partial charge in [0.15, 0.2) is 0 Å². The first kappa shape index (κ1) is 12.9. The van der Waals surface area contributed by atoms with Gasteiger partial charge < -0.3 is 15.6 Å². The van der Waals surface area contributed by atoms with Crippen molar-refractivity contribution < 1.29 is 9.18 Å². The topological polar surface area (TPSA) is 62.1 Å². The van der Waals surface area contributed by atoms with E-state index in [2.05, 4.69) is 4.98 Å². The van der Waals surface area contributed by atoms with Crippen LogP contribution in [0.3, 0.4) is 0 Å². The van der Waals surface area contributed by atoms with Crippen molar-refractivity contribution in [3.8, 4) is 11.1 Å². The number of hydrogen-bond donors (Lipinski definition) is 2. The molecule has 0 aliphatic carbocycles. The lowest BCUT2D eigenvalue weighted by Crippen LogP contribution is -2.31. The van der Waals surface area contributed by atoms with Gasteiger partial charge in [-0.05, 0) is 24.1 Å². The molecular weight excluding hydrogens is 257 g/mol. The first-order chi connectivity index (χ1) is 9.65. The summed E-state index contributed by atoms with van der Waals surface area (Å²) in [6.45, 7) is 1.28. The van der Waals surface area contributed by atoms with Gasteiger partial charge in [-0.15, -0.1) is 0 Å². The number of carbonyl (C=O) groups is 1. The first-order valence-electron chi connectivity index (χ1n) is 6.63. The Morgan fingerprint density at radius 2 is 2.05 bits per heavy atom. The molecule has 1 aliphatic rings. The van der Waals surface area contributed by atoms with Crippen molar-refractivity contribution in [3.05, 3.63) is 48.0 Å². The van der Waals surface area contributed by atoms with E-state index in [0.717, 1.165) is 17.5 Å². The van der Waals surface area contributed by atoms with Crippen molar-refractivity contribution in [1.82, 2.24) is 9.88 Å². The lowest BCUT2D eigenvalue weighted by Gasteiger charge is -2.16. The molecule has 0 bridgehead atoms. The maximum Gasteiger partial charge on any atom is 0.256 e. The highest BCUT2D eigenvalue weighted by Crippen LogP contribution is 2.25. The molecule has 104 valence electrons. The van der Waals surface area contributed by atoms with Gasteiger partial charge in [0.05, 0.1) is 5.56 Å². The number of carbonyl (C=O) groups excluding carboxylic acids is 1. The van der Waals surface area contributed by atoms with E-state index in [1.165, 1.54) is 12.1 Å². The third kappa shape index (κ3) is 2.32. The van der Waals surface area contributed by atoms with Crippen molar-refractivity contribution in [3.63, 3.8) is 0 Å². The molecule has 0 spiro atoms. The molecule has 1 aromatic heterocycles. The van der Waals surface area contributed by atoms with Crippen LogP contribution >= 0.6 is 0 Å². The average Bonchev–Trinajstić information content (AvgIpc) is 3.07. The summed E-state index contributed by atoms with van der Waals surface area (Å²) in [5.41, 5.74) is 8.05. The number of amides is 1. The lowest BCUT2D eigenvalue weighted by molar-refractivity contribution is 0.0792. The van der Waals surface area contributed by atoms with Crippen LogP contribution in [-0.2, 0) is 0 Å². The number of nitrogens with zero attached hydrogens (tertiary/aromatic N) is 1. The molecule has 4 nitrogen and oxygen atoms in total. The Hall–Kier alpha value is -2.14. The Morgan fingerprint density at radius 1 is 1.30 bits per heavy atom. The molecule has 0 unspecified atom stereocenters. The quantitative estimate of drug-likeness (QED) is 0.879. The van der Waals surface area contributed by atoms with Crippen LogP contribution in [0.25, 0.3) is 11.1 Å². The van der Waals surface area contributed by atoms with Crippen LogP contribution in [-0.4, -0.2) is 34.9 Å². The summed E-state index contributed by atoms with van der Waals surface area (Å²) < 4.78 is 13.0. The third-order valence-electron chi connectivity index (χ3n) is 3.64. The van der Waals surface area contributed by atoms with Crippen LogP contribution in [0.2, 0.25) is 0 Å². The summed E-state index contributed by atoms with van der Waals surface area (Å²) in [5.74, 6) is -0.318. The molecule has 2 aromatic rings. The van der Waals surface area contributed by atoms with E-state index in [9.17, 15) is 9.18 Å². The largest absolute Gasteiger partial charge is 0.366 e. The number of hydrogen-bond acceptors (Lipinski definition) is 2. The molecule has 1 saturated heterocycles. The monoisotopic (exact) mass is 273 g/mol. The van der Waals surface area contributed by atoms with Crippen LogP contribution in [0.5, 0.6) is 0 Å². The fourth-order valence-electron chi connectivity index (χ4n) is 2.55. The standard InChI is InChI=1S/C15H16FN3O/c16-11-3-1-10(2-4-11)13-7-18-8-14(13)15(20)19-6-5-12(17)9-19/h1-4,7-8,12,18H,5-6,9,17H2/t12-/m0/s1. The van der Waals surface area contributed by atoms with Crippen molar-refractivity contribution in [2.45, 2.75) is 12.5 Å². The van der Waals surface area contributed by atoms with Gasteiger partial charge in [-0.2, -0.15) is 0 Å². The van der Waals surface area contributed by atoms with Crippen molar-refractivity contribution in [2.24, 2.45) is 5.73 Å². The highest BCUT2D eigenvalue weighted by atomic mass is 19.1. The molecule has 3 rings (SSSR count). The Morgan fingerprint density at radius 3 is 2.70 bits per heavy atom. The summed E-state index contributed by atoms with van der Waals surface area (Å²) in [6, 6.07) is 6.19. The highest BCUT2D eigenvalue weighted by molar-refractivity contribution is 6.00. The second-order valence-electron chi connectivity index (χ2n) is 5.09. The number of benzene rings is 1. The molecule has 3 N–H and O–H groups in total. The van der Waals surface area contributed by atoms with Gasteiger partial charge in [0.2, 0.25) is 0 Å². The van der Waals surface area contributed by atoms with Gasteiger partial charge in [-0.1, -0.05) is 12.1 Å². The number of nitrogens with one attached hydrogen (secondary N) is 1. The van der Waals surface area contributed by atoms with E-state index >= 15 is 0 Å². The number of H-pyrrole nitrogens is 1. The summed E-state index contributed by atoms with van der Waals surface area (Å²) in [4.78, 5) is 17.2. The molecule has 0 radical (unpaired) electrons. The first-order valence-corrected chi connectivity index (χ1v) is 6.63. The van der Waals surface area contributed by atoms with E-state index in [1.54, 1.807) is 29.4 Å². The van der Waals surface area contributed by atoms with Gasteiger partial charge >= 0.3 is 0 Å². The van der Waals surface area contributed by atoms with Gasteiger partial charge in [0, 0.05) is 37.1 Å². The van der Waals surface area contributed by atoms with Crippen LogP contribution in [0, 0.1) is 5.82 Å². The maximum absolute atomic E-state index is 13.0. The molecule has 0 saturated carbocycles. The molecular formula is C15H16FN3O. The zero-order valence-corrected chi connectivity index (χ0v) is 11.0. The van der Waals surface area contributed by atoms with Gasteiger partial charge in [0.25, 0.3) is 5.91 Å². The molecule has 5 heteroatoms. The lowest BCUT2D eigenvalue weighted by atomic mass is 10.0. The normalized spacial score (nSPS) is 18.5. The molecule has 1 amide bonds. The van der Waals surface area contributed by atoms with Crippen LogP contribution in [0.1, 0.15) is 16.8 Å². The van der Waals surface area contributed by atoms with Crippen LogP contribution < -0.4 is 5.73 Å². The van der Waals surface area contributed by atoms with Crippen LogP contribution in [0.4, 0.5) is 4.39 Å². The number of halogens is 1. The molecule has 2 heterocycles. The van der Waals surface area contributed by atoms with E-state index in [-0.39, 0.29) is 17.8 Å². The van der Waals surface area contributed by atoms with Crippen molar-refractivity contribution in [1.29, 1.82) is 0 Å². The average molecular weight is 273 g/mol. The minimum absolute atomic E-state index is 0.0291. The molecule has 1 aliphatic heterocycles. The highest BCUT2D eigenvalue weighted by Gasteiger charge is 2.26. The number of aromatic amines is 1. The van der Waals surface area contributed by atoms with E-state index in [0.29, 0.717) is 18.7 Å². The SMILES string of the molecule is N[C@H]1CCN(C(=O)c2c[nH]cc2-c2ccc(F)cc2)C1. The Labute approximate surface area is 116 Å². The zero-order chi connectivity index (χ0) is 14.1. The molecule has 1 fully saturated rings. The number of aromatic nitrogens is 1. The molecule has 1 atom stereocenters. The summed E-state index contributed by atoms with van der Waals surface area (Å²) in [7, 11) is 0. The second-order valence-corrected chi connectivity index (χ2v) is 5.09.